The van der Waals surface area contributed by atoms with Gasteiger partial charge >= 0.3 is 6.61 Å². The Morgan fingerprint density at radius 1 is 0.850 bits per heavy atom. The predicted octanol–water partition coefficient (Wildman–Crippen LogP) is 6.57. The Morgan fingerprint density at radius 3 is 1.95 bits per heavy atom. The molecule has 0 aliphatic heterocycles. The van der Waals surface area contributed by atoms with Gasteiger partial charge in [0.15, 0.2) is 0 Å². The van der Waals surface area contributed by atoms with Crippen molar-refractivity contribution in [3.05, 3.63) is 50.4 Å². The molecule has 0 bridgehead atoms. The van der Waals surface area contributed by atoms with E-state index >= 15 is 0 Å². The van der Waals surface area contributed by atoms with Crippen LogP contribution in [0.4, 0.5) is 8.78 Å². The minimum atomic E-state index is -2.91. The van der Waals surface area contributed by atoms with Crippen LogP contribution in [0.5, 0.6) is 5.75 Å². The molecule has 0 saturated heterocycles. The van der Waals surface area contributed by atoms with Gasteiger partial charge < -0.3 is 4.74 Å². The molecular weight excluding hydrogens is 352 g/mol. The first kappa shape index (κ1) is 15.6. The predicted molar refractivity (Wildman–Crippen MR) is 78.6 cm³/mol. The SMILES string of the molecule is FC(F)Oc1ccc(-c2cc(Cl)c(Cl)c(Cl)c2)c(Cl)c1. The summed E-state index contributed by atoms with van der Waals surface area (Å²) in [6.07, 6.45) is 0. The zero-order valence-corrected chi connectivity index (χ0v) is 12.7. The molecule has 0 aliphatic carbocycles. The lowest BCUT2D eigenvalue weighted by molar-refractivity contribution is -0.0498. The molecule has 0 saturated carbocycles. The van der Waals surface area contributed by atoms with Crippen LogP contribution >= 0.6 is 46.4 Å². The molecule has 7 heteroatoms. The third-order valence-corrected chi connectivity index (χ3v) is 3.97. The van der Waals surface area contributed by atoms with Crippen molar-refractivity contribution in [2.24, 2.45) is 0 Å². The third-order valence-electron chi connectivity index (χ3n) is 2.46. The topological polar surface area (TPSA) is 9.23 Å². The molecule has 2 aromatic carbocycles. The average Bonchev–Trinajstić information content (AvgIpc) is 2.34. The largest absolute Gasteiger partial charge is 0.435 e. The van der Waals surface area contributed by atoms with Crippen LogP contribution in [0.25, 0.3) is 11.1 Å². The van der Waals surface area contributed by atoms with Gasteiger partial charge in [0.05, 0.1) is 20.1 Å². The van der Waals surface area contributed by atoms with Crippen molar-refractivity contribution in [2.45, 2.75) is 6.61 Å². The first-order chi connectivity index (χ1) is 9.38. The van der Waals surface area contributed by atoms with Gasteiger partial charge in [-0.1, -0.05) is 46.4 Å². The Labute approximate surface area is 134 Å². The molecule has 0 aromatic heterocycles. The molecule has 0 atom stereocenters. The molecule has 0 radical (unpaired) electrons. The van der Waals surface area contributed by atoms with E-state index in [2.05, 4.69) is 4.74 Å². The summed E-state index contributed by atoms with van der Waals surface area (Å²) in [6.45, 7) is -2.91. The van der Waals surface area contributed by atoms with Crippen molar-refractivity contribution in [3.8, 4) is 16.9 Å². The van der Waals surface area contributed by atoms with E-state index in [1.54, 1.807) is 12.1 Å². The molecule has 0 N–H and O–H groups in total. The highest BCUT2D eigenvalue weighted by Crippen LogP contribution is 2.38. The number of hydrogen-bond acceptors (Lipinski definition) is 1. The van der Waals surface area contributed by atoms with E-state index < -0.39 is 6.61 Å². The van der Waals surface area contributed by atoms with Crippen LogP contribution < -0.4 is 4.74 Å². The molecule has 0 amide bonds. The number of alkyl halides is 2. The number of halogens is 6. The average molecular weight is 358 g/mol. The molecule has 1 nitrogen and oxygen atoms in total. The summed E-state index contributed by atoms with van der Waals surface area (Å²) in [7, 11) is 0. The summed E-state index contributed by atoms with van der Waals surface area (Å²) in [5.74, 6) is -0.0279. The maximum Gasteiger partial charge on any atom is 0.387 e. The Morgan fingerprint density at radius 2 is 1.45 bits per heavy atom. The second-order valence-corrected chi connectivity index (χ2v) is 5.37. The zero-order chi connectivity index (χ0) is 14.9. The monoisotopic (exact) mass is 356 g/mol. The molecule has 20 heavy (non-hydrogen) atoms. The van der Waals surface area contributed by atoms with Gasteiger partial charge in [-0.3, -0.25) is 0 Å². The summed E-state index contributed by atoms with van der Waals surface area (Å²) >= 11 is 23.8. The fourth-order valence-electron chi connectivity index (χ4n) is 1.62. The lowest BCUT2D eigenvalue weighted by Crippen LogP contribution is -2.01. The van der Waals surface area contributed by atoms with Crippen LogP contribution in [-0.4, -0.2) is 6.61 Å². The summed E-state index contributed by atoms with van der Waals surface area (Å²) in [4.78, 5) is 0. The fraction of sp³-hybridized carbons (Fsp3) is 0.0769. The maximum absolute atomic E-state index is 12.1. The van der Waals surface area contributed by atoms with Crippen molar-refractivity contribution >= 4 is 46.4 Å². The molecule has 0 unspecified atom stereocenters. The van der Waals surface area contributed by atoms with E-state index in [1.165, 1.54) is 18.2 Å². The van der Waals surface area contributed by atoms with Crippen molar-refractivity contribution in [2.75, 3.05) is 0 Å². The summed E-state index contributed by atoms with van der Waals surface area (Å²) in [6, 6.07) is 7.38. The lowest BCUT2D eigenvalue weighted by atomic mass is 10.1. The Balaban J connectivity index is 2.43. The molecule has 0 spiro atoms. The summed E-state index contributed by atoms with van der Waals surface area (Å²) in [5.41, 5.74) is 1.20. The minimum Gasteiger partial charge on any atom is -0.435 e. The molecule has 2 rings (SSSR count). The molecular formula is C13H6Cl4F2O. The molecule has 0 aliphatic rings. The quantitative estimate of drug-likeness (QED) is 0.564. The van der Waals surface area contributed by atoms with Crippen LogP contribution in [0.2, 0.25) is 20.1 Å². The van der Waals surface area contributed by atoms with Crippen LogP contribution in [0.3, 0.4) is 0 Å². The Kier molecular flexibility index (Phi) is 4.97. The highest BCUT2D eigenvalue weighted by Gasteiger charge is 2.12. The van der Waals surface area contributed by atoms with Crippen molar-refractivity contribution in [1.29, 1.82) is 0 Å². The molecule has 0 heterocycles. The van der Waals surface area contributed by atoms with Gasteiger partial charge in [0.1, 0.15) is 5.75 Å². The number of rotatable bonds is 3. The summed E-state index contributed by atoms with van der Waals surface area (Å²) in [5, 5.41) is 1.03. The number of benzene rings is 2. The normalized spacial score (nSPS) is 10.9. The second kappa shape index (κ2) is 6.35. The van der Waals surface area contributed by atoms with E-state index in [4.69, 9.17) is 46.4 Å². The highest BCUT2D eigenvalue weighted by atomic mass is 35.5. The van der Waals surface area contributed by atoms with Crippen LogP contribution in [0.15, 0.2) is 30.3 Å². The van der Waals surface area contributed by atoms with Gasteiger partial charge in [0.2, 0.25) is 0 Å². The Bertz CT molecular complexity index is 623. The van der Waals surface area contributed by atoms with Gasteiger partial charge in [0, 0.05) is 5.56 Å². The smallest absolute Gasteiger partial charge is 0.387 e. The Hall–Kier alpha value is -0.740. The van der Waals surface area contributed by atoms with Gasteiger partial charge in [-0.05, 0) is 35.9 Å². The first-order valence-electron chi connectivity index (χ1n) is 5.27. The van der Waals surface area contributed by atoms with Crippen molar-refractivity contribution < 1.29 is 13.5 Å². The highest BCUT2D eigenvalue weighted by molar-refractivity contribution is 6.48. The summed E-state index contributed by atoms with van der Waals surface area (Å²) < 4.78 is 28.5. The zero-order valence-electron chi connectivity index (χ0n) is 9.64. The van der Waals surface area contributed by atoms with E-state index in [1.807, 2.05) is 0 Å². The number of ether oxygens (including phenoxy) is 1. The van der Waals surface area contributed by atoms with E-state index in [9.17, 15) is 8.78 Å². The fourth-order valence-corrected chi connectivity index (χ4v) is 2.49. The van der Waals surface area contributed by atoms with Crippen LogP contribution in [0.1, 0.15) is 0 Å². The van der Waals surface area contributed by atoms with Crippen molar-refractivity contribution in [3.63, 3.8) is 0 Å². The van der Waals surface area contributed by atoms with Crippen molar-refractivity contribution in [1.82, 2.24) is 0 Å². The standard InChI is InChI=1S/C13H6Cl4F2O/c14-9-5-7(20-13(18)19)1-2-8(9)6-3-10(15)12(17)11(16)4-6/h1-5,13H. The van der Waals surface area contributed by atoms with Gasteiger partial charge in [-0.15, -0.1) is 0 Å². The number of hydrogen-bond donors (Lipinski definition) is 0. The van der Waals surface area contributed by atoms with Gasteiger partial charge in [0.25, 0.3) is 0 Å². The van der Waals surface area contributed by atoms with E-state index in [0.29, 0.717) is 11.1 Å². The molecule has 2 aromatic rings. The van der Waals surface area contributed by atoms with E-state index in [0.717, 1.165) is 0 Å². The first-order valence-corrected chi connectivity index (χ1v) is 6.79. The van der Waals surface area contributed by atoms with E-state index in [-0.39, 0.29) is 25.8 Å². The molecule has 0 fully saturated rings. The van der Waals surface area contributed by atoms with Crippen LogP contribution in [0, 0.1) is 0 Å². The van der Waals surface area contributed by atoms with Gasteiger partial charge in [-0.2, -0.15) is 8.78 Å². The molecule has 106 valence electrons. The lowest BCUT2D eigenvalue weighted by Gasteiger charge is -2.10. The second-order valence-electron chi connectivity index (χ2n) is 3.77. The van der Waals surface area contributed by atoms with Gasteiger partial charge in [-0.25, -0.2) is 0 Å². The van der Waals surface area contributed by atoms with Crippen LogP contribution in [-0.2, 0) is 0 Å². The third kappa shape index (κ3) is 3.47. The maximum atomic E-state index is 12.1. The minimum absolute atomic E-state index is 0.0279.